The van der Waals surface area contributed by atoms with E-state index in [0.29, 0.717) is 15.6 Å². The fraction of sp³-hybridized carbons (Fsp3) is 0.0588. The monoisotopic (exact) mass is 500 g/mol. The van der Waals surface area contributed by atoms with Crippen molar-refractivity contribution in [3.8, 4) is 0 Å². The van der Waals surface area contributed by atoms with Gasteiger partial charge in [-0.3, -0.25) is 15.5 Å². The number of hydrogen-bond acceptors (Lipinski definition) is 8. The molecule has 160 valence electrons. The van der Waals surface area contributed by atoms with Gasteiger partial charge >= 0.3 is 5.97 Å². The first-order valence-electron chi connectivity index (χ1n) is 8.19. The van der Waals surface area contributed by atoms with Crippen LogP contribution in [0.3, 0.4) is 0 Å². The highest BCUT2D eigenvalue weighted by atomic mass is 35.5. The first kappa shape index (κ1) is 22.8. The number of benzene rings is 1. The third-order valence-electron chi connectivity index (χ3n) is 3.79. The standard InChI is InChI=1S/C17H11Cl3N6O4S/c1-25-5-4-21-17(25)31-10-3-2-8(6-9(10)26(29)30)7-22-24-13-11(18)14(16(27)28)23-15(20)12(13)19/h2-7H,1H3,(H,23,24)(H,27,28). The molecule has 31 heavy (non-hydrogen) atoms. The van der Waals surface area contributed by atoms with Gasteiger partial charge in [0, 0.05) is 31.1 Å². The van der Waals surface area contributed by atoms with Crippen LogP contribution in [0.4, 0.5) is 11.4 Å². The summed E-state index contributed by atoms with van der Waals surface area (Å²) in [5.41, 5.74) is 2.21. The maximum absolute atomic E-state index is 11.5. The van der Waals surface area contributed by atoms with E-state index in [2.05, 4.69) is 20.5 Å². The SMILES string of the molecule is Cn1ccnc1Sc1ccc(C=NNc2c(Cl)c(Cl)nc(C(=O)O)c2Cl)cc1[N+](=O)[O-]. The number of hydrazone groups is 1. The number of imidazole rings is 1. The molecule has 0 atom stereocenters. The molecule has 0 amide bonds. The minimum Gasteiger partial charge on any atom is -0.476 e. The molecule has 3 rings (SSSR count). The van der Waals surface area contributed by atoms with Crippen LogP contribution in [-0.4, -0.2) is 36.7 Å². The minimum absolute atomic E-state index is 0.0616. The molecule has 0 saturated heterocycles. The molecule has 2 aromatic heterocycles. The number of anilines is 1. The summed E-state index contributed by atoms with van der Waals surface area (Å²) in [5, 5.41) is 24.5. The number of nitrogens with one attached hydrogen (secondary N) is 1. The zero-order valence-electron chi connectivity index (χ0n) is 15.4. The Balaban J connectivity index is 1.87. The second-order valence-electron chi connectivity index (χ2n) is 5.84. The molecule has 0 radical (unpaired) electrons. The molecule has 14 heteroatoms. The maximum Gasteiger partial charge on any atom is 0.356 e. The predicted molar refractivity (Wildman–Crippen MR) is 118 cm³/mol. The summed E-state index contributed by atoms with van der Waals surface area (Å²) in [6.45, 7) is 0. The van der Waals surface area contributed by atoms with Crippen LogP contribution in [0.2, 0.25) is 15.2 Å². The first-order valence-corrected chi connectivity index (χ1v) is 10.1. The van der Waals surface area contributed by atoms with Crippen molar-refractivity contribution in [2.24, 2.45) is 12.1 Å². The number of pyridine rings is 1. The smallest absolute Gasteiger partial charge is 0.356 e. The van der Waals surface area contributed by atoms with Crippen LogP contribution in [0, 0.1) is 10.1 Å². The van der Waals surface area contributed by atoms with Crippen molar-refractivity contribution >= 4 is 70.1 Å². The summed E-state index contributed by atoms with van der Waals surface area (Å²) >= 11 is 19.0. The van der Waals surface area contributed by atoms with Crippen molar-refractivity contribution in [2.75, 3.05) is 5.43 Å². The zero-order valence-corrected chi connectivity index (χ0v) is 18.5. The molecular weight excluding hydrogens is 491 g/mol. The lowest BCUT2D eigenvalue weighted by Gasteiger charge is -2.09. The average molecular weight is 502 g/mol. The molecule has 0 spiro atoms. The molecule has 0 unspecified atom stereocenters. The summed E-state index contributed by atoms with van der Waals surface area (Å²) in [7, 11) is 1.78. The highest BCUT2D eigenvalue weighted by Crippen LogP contribution is 2.37. The number of nitrogens with zero attached hydrogens (tertiary/aromatic N) is 5. The summed E-state index contributed by atoms with van der Waals surface area (Å²) in [6.07, 6.45) is 4.61. The Morgan fingerprint density at radius 2 is 2.10 bits per heavy atom. The number of aromatic carboxylic acids is 1. The van der Waals surface area contributed by atoms with Crippen LogP contribution in [0.1, 0.15) is 16.1 Å². The van der Waals surface area contributed by atoms with E-state index in [0.717, 1.165) is 11.8 Å². The molecular formula is C17H11Cl3N6O4S. The fourth-order valence-electron chi connectivity index (χ4n) is 2.32. The third kappa shape index (κ3) is 5.07. The van der Waals surface area contributed by atoms with Gasteiger partial charge in [0.1, 0.15) is 10.0 Å². The Hall–Kier alpha value is -2.86. The van der Waals surface area contributed by atoms with E-state index in [1.165, 1.54) is 12.3 Å². The zero-order chi connectivity index (χ0) is 22.7. The summed E-state index contributed by atoms with van der Waals surface area (Å²) in [6, 6.07) is 4.53. The van der Waals surface area contributed by atoms with Crippen LogP contribution in [-0.2, 0) is 7.05 Å². The number of carboxylic acids is 1. The summed E-state index contributed by atoms with van der Waals surface area (Å²) in [4.78, 5) is 30.4. The van der Waals surface area contributed by atoms with Gasteiger partial charge in [-0.05, 0) is 17.8 Å². The molecule has 2 heterocycles. The average Bonchev–Trinajstić information content (AvgIpc) is 3.12. The van der Waals surface area contributed by atoms with Gasteiger partial charge in [0.25, 0.3) is 5.69 Å². The molecule has 0 aliphatic carbocycles. The Labute approximate surface area is 194 Å². The molecule has 0 bridgehead atoms. The lowest BCUT2D eigenvalue weighted by molar-refractivity contribution is -0.387. The molecule has 1 aromatic carbocycles. The highest BCUT2D eigenvalue weighted by molar-refractivity contribution is 7.99. The van der Waals surface area contributed by atoms with E-state index in [9.17, 15) is 14.9 Å². The predicted octanol–water partition coefficient (Wildman–Crippen LogP) is 4.98. The van der Waals surface area contributed by atoms with E-state index in [1.54, 1.807) is 36.1 Å². The van der Waals surface area contributed by atoms with Gasteiger partial charge in [-0.15, -0.1) is 0 Å². The van der Waals surface area contributed by atoms with Crippen molar-refractivity contribution < 1.29 is 14.8 Å². The van der Waals surface area contributed by atoms with Crippen molar-refractivity contribution in [1.82, 2.24) is 14.5 Å². The molecule has 0 saturated carbocycles. The molecule has 10 nitrogen and oxygen atoms in total. The molecule has 3 aromatic rings. The summed E-state index contributed by atoms with van der Waals surface area (Å²) < 4.78 is 1.74. The number of rotatable bonds is 7. The number of aromatic nitrogens is 3. The second-order valence-corrected chi connectivity index (χ2v) is 7.96. The second kappa shape index (κ2) is 9.52. The number of hydrogen-bond donors (Lipinski definition) is 2. The molecule has 2 N–H and O–H groups in total. The third-order valence-corrected chi connectivity index (χ3v) is 6.04. The Kier molecular flexibility index (Phi) is 7.01. The lowest BCUT2D eigenvalue weighted by Crippen LogP contribution is -2.05. The van der Waals surface area contributed by atoms with Crippen LogP contribution in [0.15, 0.2) is 45.7 Å². The van der Waals surface area contributed by atoms with Gasteiger partial charge in [-0.1, -0.05) is 40.9 Å². The van der Waals surface area contributed by atoms with Crippen LogP contribution in [0.5, 0.6) is 0 Å². The Morgan fingerprint density at radius 1 is 1.35 bits per heavy atom. The normalized spacial score (nSPS) is 11.1. The molecule has 0 fully saturated rings. The van der Waals surface area contributed by atoms with E-state index >= 15 is 0 Å². The van der Waals surface area contributed by atoms with Gasteiger partial charge < -0.3 is 9.67 Å². The van der Waals surface area contributed by atoms with E-state index in [4.69, 9.17) is 39.9 Å². The van der Waals surface area contributed by atoms with Gasteiger partial charge in [-0.2, -0.15) is 5.10 Å². The van der Waals surface area contributed by atoms with E-state index in [-0.39, 0.29) is 26.6 Å². The molecule has 0 aliphatic rings. The number of halogens is 3. The van der Waals surface area contributed by atoms with Crippen LogP contribution >= 0.6 is 46.6 Å². The molecule has 0 aliphatic heterocycles. The van der Waals surface area contributed by atoms with Gasteiger partial charge in [0.05, 0.1) is 21.7 Å². The number of carboxylic acid groups (broad SMARTS) is 1. The maximum atomic E-state index is 11.5. The van der Waals surface area contributed by atoms with Crippen molar-refractivity contribution in [3.63, 3.8) is 0 Å². The van der Waals surface area contributed by atoms with Gasteiger partial charge in [-0.25, -0.2) is 14.8 Å². The summed E-state index contributed by atoms with van der Waals surface area (Å²) in [5.74, 6) is -1.40. The fourth-order valence-corrected chi connectivity index (χ4v) is 3.87. The van der Waals surface area contributed by atoms with Crippen molar-refractivity contribution in [3.05, 3.63) is 67.2 Å². The number of nitro groups is 1. The number of aryl methyl sites for hydroxylation is 1. The number of carbonyl (C=O) groups is 1. The van der Waals surface area contributed by atoms with Crippen LogP contribution in [0.25, 0.3) is 0 Å². The Morgan fingerprint density at radius 3 is 2.71 bits per heavy atom. The Bertz CT molecular complexity index is 1220. The van der Waals surface area contributed by atoms with E-state index < -0.39 is 16.6 Å². The van der Waals surface area contributed by atoms with Gasteiger partial charge in [0.2, 0.25) is 0 Å². The minimum atomic E-state index is -1.40. The quantitative estimate of drug-likeness (QED) is 0.200. The van der Waals surface area contributed by atoms with Crippen molar-refractivity contribution in [1.29, 1.82) is 0 Å². The lowest BCUT2D eigenvalue weighted by atomic mass is 10.2. The van der Waals surface area contributed by atoms with Crippen LogP contribution < -0.4 is 5.43 Å². The van der Waals surface area contributed by atoms with Crippen molar-refractivity contribution in [2.45, 2.75) is 10.1 Å². The van der Waals surface area contributed by atoms with E-state index in [1.807, 2.05) is 0 Å². The topological polar surface area (TPSA) is 136 Å². The number of nitro benzene ring substituents is 1. The first-order chi connectivity index (χ1) is 14.7. The van der Waals surface area contributed by atoms with Gasteiger partial charge in [0.15, 0.2) is 16.0 Å². The highest BCUT2D eigenvalue weighted by Gasteiger charge is 2.21. The largest absolute Gasteiger partial charge is 0.476 e.